The van der Waals surface area contributed by atoms with Crippen molar-refractivity contribution < 1.29 is 22.7 Å². The van der Waals surface area contributed by atoms with E-state index >= 15 is 0 Å². The highest BCUT2D eigenvalue weighted by Gasteiger charge is 2.33. The lowest BCUT2D eigenvalue weighted by molar-refractivity contribution is -0.140. The zero-order chi connectivity index (χ0) is 30.9. The van der Waals surface area contributed by atoms with Crippen molar-refractivity contribution in [2.24, 2.45) is 0 Å². The van der Waals surface area contributed by atoms with E-state index in [2.05, 4.69) is 5.32 Å². The van der Waals surface area contributed by atoms with Gasteiger partial charge < -0.3 is 15.0 Å². The van der Waals surface area contributed by atoms with Gasteiger partial charge in [-0.05, 0) is 74.2 Å². The van der Waals surface area contributed by atoms with E-state index < -0.39 is 28.5 Å². The number of hydrogen-bond donors (Lipinski definition) is 1. The van der Waals surface area contributed by atoms with Crippen LogP contribution < -0.4 is 14.4 Å². The summed E-state index contributed by atoms with van der Waals surface area (Å²) >= 11 is 6.40. The second kappa shape index (κ2) is 15.1. The Balaban J connectivity index is 2.05. The van der Waals surface area contributed by atoms with Crippen molar-refractivity contribution in [3.05, 3.63) is 88.4 Å². The van der Waals surface area contributed by atoms with Crippen LogP contribution in [0.25, 0.3) is 0 Å². The van der Waals surface area contributed by atoms with Crippen molar-refractivity contribution in [2.75, 3.05) is 24.5 Å². The molecule has 0 radical (unpaired) electrons. The Morgan fingerprint density at radius 1 is 0.976 bits per heavy atom. The van der Waals surface area contributed by atoms with E-state index in [9.17, 15) is 18.0 Å². The van der Waals surface area contributed by atoms with Gasteiger partial charge in [0, 0.05) is 18.1 Å². The molecule has 0 heterocycles. The van der Waals surface area contributed by atoms with Gasteiger partial charge in [-0.25, -0.2) is 8.42 Å². The molecular formula is C32H40ClN3O5S. The summed E-state index contributed by atoms with van der Waals surface area (Å²) in [5, 5.41) is 3.31. The van der Waals surface area contributed by atoms with Crippen LogP contribution in [0, 0.1) is 13.8 Å². The summed E-state index contributed by atoms with van der Waals surface area (Å²) in [7, 11) is -2.60. The van der Waals surface area contributed by atoms with Crippen LogP contribution in [0.15, 0.2) is 71.6 Å². The van der Waals surface area contributed by atoms with Crippen LogP contribution in [0.1, 0.15) is 49.8 Å². The lowest BCUT2D eigenvalue weighted by Gasteiger charge is -2.33. The Labute approximate surface area is 254 Å². The molecule has 0 aliphatic carbocycles. The van der Waals surface area contributed by atoms with Crippen LogP contribution in [0.4, 0.5) is 5.69 Å². The molecule has 0 spiro atoms. The number of amides is 2. The molecule has 0 bridgehead atoms. The monoisotopic (exact) mass is 613 g/mol. The maximum Gasteiger partial charge on any atom is 0.264 e. The molecule has 226 valence electrons. The third-order valence-electron chi connectivity index (χ3n) is 7.06. The molecule has 3 aromatic rings. The Bertz CT molecular complexity index is 1460. The van der Waals surface area contributed by atoms with Crippen molar-refractivity contribution in [1.29, 1.82) is 0 Å². The van der Waals surface area contributed by atoms with Gasteiger partial charge in [-0.15, -0.1) is 0 Å². The first-order valence-electron chi connectivity index (χ1n) is 14.1. The predicted octanol–water partition coefficient (Wildman–Crippen LogP) is 5.88. The van der Waals surface area contributed by atoms with Gasteiger partial charge in [-0.3, -0.25) is 13.9 Å². The minimum atomic E-state index is -4.17. The highest BCUT2D eigenvalue weighted by atomic mass is 35.5. The lowest BCUT2D eigenvalue weighted by Crippen LogP contribution is -2.52. The number of carbonyl (C=O) groups is 2. The zero-order valence-corrected chi connectivity index (χ0v) is 26.5. The van der Waals surface area contributed by atoms with Crippen LogP contribution >= 0.6 is 11.6 Å². The summed E-state index contributed by atoms with van der Waals surface area (Å²) in [4.78, 5) is 29.0. The first-order valence-corrected chi connectivity index (χ1v) is 15.9. The number of benzene rings is 3. The highest BCUT2D eigenvalue weighted by Crippen LogP contribution is 2.29. The number of sulfonamides is 1. The largest absolute Gasteiger partial charge is 0.497 e. The van der Waals surface area contributed by atoms with E-state index in [1.807, 2.05) is 39.8 Å². The van der Waals surface area contributed by atoms with E-state index in [1.165, 1.54) is 17.0 Å². The van der Waals surface area contributed by atoms with Crippen molar-refractivity contribution in [3.8, 4) is 5.75 Å². The smallest absolute Gasteiger partial charge is 0.264 e. The fourth-order valence-electron chi connectivity index (χ4n) is 4.46. The molecule has 0 fully saturated rings. The topological polar surface area (TPSA) is 96.0 Å². The summed E-state index contributed by atoms with van der Waals surface area (Å²) in [6.45, 7) is 7.62. The number of aryl methyl sites for hydroxylation is 2. The van der Waals surface area contributed by atoms with Gasteiger partial charge in [0.15, 0.2) is 0 Å². The maximum atomic E-state index is 14.2. The summed E-state index contributed by atoms with van der Waals surface area (Å²) < 4.78 is 34.3. The molecule has 0 aromatic heterocycles. The van der Waals surface area contributed by atoms with Crippen LogP contribution in [-0.2, 0) is 26.2 Å². The van der Waals surface area contributed by atoms with Crippen LogP contribution in [0.2, 0.25) is 5.02 Å². The fraction of sp³-hybridized carbons (Fsp3) is 0.375. The molecule has 0 aliphatic heterocycles. The molecule has 1 N–H and O–H groups in total. The van der Waals surface area contributed by atoms with E-state index in [1.54, 1.807) is 49.6 Å². The summed E-state index contributed by atoms with van der Waals surface area (Å²) in [5.74, 6) is -0.137. The molecule has 3 rings (SSSR count). The number of ether oxygens (including phenoxy) is 1. The Hall–Kier alpha value is -3.56. The van der Waals surface area contributed by atoms with Crippen LogP contribution in [0.5, 0.6) is 5.75 Å². The molecule has 10 heteroatoms. The van der Waals surface area contributed by atoms with Gasteiger partial charge in [0.1, 0.15) is 18.3 Å². The van der Waals surface area contributed by atoms with Gasteiger partial charge in [-0.2, -0.15) is 0 Å². The van der Waals surface area contributed by atoms with Gasteiger partial charge >= 0.3 is 0 Å². The standard InChI is InChI=1S/C32H40ClN3O5S/c1-6-8-19-34-32(38)30(7-2)35(21-25-12-15-27(41-5)16-13-25)31(37)22-36(26-14-11-24(4)29(33)20-26)42(39,40)28-17-9-23(3)10-18-28/h9-18,20,30H,6-8,19,21-22H2,1-5H3,(H,34,38). The molecule has 0 aliphatic rings. The predicted molar refractivity (Wildman–Crippen MR) is 167 cm³/mol. The second-order valence-electron chi connectivity index (χ2n) is 10.2. The SMILES string of the molecule is CCCCNC(=O)C(CC)N(Cc1ccc(OC)cc1)C(=O)CN(c1ccc(C)c(Cl)c1)S(=O)(=O)c1ccc(C)cc1. The average Bonchev–Trinajstić information content (AvgIpc) is 2.97. The molecule has 2 amide bonds. The van der Waals surface area contributed by atoms with Crippen LogP contribution in [-0.4, -0.2) is 51.4 Å². The summed E-state index contributed by atoms with van der Waals surface area (Å²) in [6, 6.07) is 17.7. The number of carbonyl (C=O) groups excluding carboxylic acids is 2. The molecule has 8 nitrogen and oxygen atoms in total. The number of unbranched alkanes of at least 4 members (excludes halogenated alkanes) is 1. The number of hydrogen-bond acceptors (Lipinski definition) is 5. The van der Waals surface area contributed by atoms with Gasteiger partial charge in [-0.1, -0.05) is 67.8 Å². The lowest BCUT2D eigenvalue weighted by atomic mass is 10.1. The third kappa shape index (κ3) is 8.26. The normalized spacial score (nSPS) is 12.0. The van der Waals surface area contributed by atoms with E-state index in [0.29, 0.717) is 23.7 Å². The molecule has 3 aromatic carbocycles. The number of nitrogens with zero attached hydrogens (tertiary/aromatic N) is 2. The van der Waals surface area contributed by atoms with E-state index in [4.69, 9.17) is 16.3 Å². The number of nitrogens with one attached hydrogen (secondary N) is 1. The third-order valence-corrected chi connectivity index (χ3v) is 9.25. The second-order valence-corrected chi connectivity index (χ2v) is 12.5. The highest BCUT2D eigenvalue weighted by molar-refractivity contribution is 7.92. The van der Waals surface area contributed by atoms with Crippen molar-refractivity contribution >= 4 is 39.1 Å². The molecule has 42 heavy (non-hydrogen) atoms. The molecule has 0 saturated carbocycles. The van der Waals surface area contributed by atoms with E-state index in [-0.39, 0.29) is 23.0 Å². The van der Waals surface area contributed by atoms with Gasteiger partial charge in [0.2, 0.25) is 11.8 Å². The first-order chi connectivity index (χ1) is 20.0. The average molecular weight is 614 g/mol. The molecular weight excluding hydrogens is 574 g/mol. The number of halogens is 1. The minimum absolute atomic E-state index is 0.0450. The van der Waals surface area contributed by atoms with Crippen molar-refractivity contribution in [2.45, 2.75) is 64.4 Å². The Morgan fingerprint density at radius 2 is 1.64 bits per heavy atom. The summed E-state index contributed by atoms with van der Waals surface area (Å²) in [5.41, 5.74) is 2.70. The number of anilines is 1. The van der Waals surface area contributed by atoms with Crippen LogP contribution in [0.3, 0.4) is 0 Å². The Morgan fingerprint density at radius 3 is 2.21 bits per heavy atom. The summed E-state index contributed by atoms with van der Waals surface area (Å²) in [6.07, 6.45) is 2.07. The molecule has 0 saturated heterocycles. The van der Waals surface area contributed by atoms with Crippen molar-refractivity contribution in [1.82, 2.24) is 10.2 Å². The zero-order valence-electron chi connectivity index (χ0n) is 24.9. The fourth-order valence-corrected chi connectivity index (χ4v) is 6.04. The van der Waals surface area contributed by atoms with Gasteiger partial charge in [0.25, 0.3) is 10.0 Å². The Kier molecular flexibility index (Phi) is 11.8. The minimum Gasteiger partial charge on any atom is -0.497 e. The maximum absolute atomic E-state index is 14.2. The quantitative estimate of drug-likeness (QED) is 0.229. The molecule has 1 atom stereocenters. The number of rotatable bonds is 14. The van der Waals surface area contributed by atoms with E-state index in [0.717, 1.165) is 33.8 Å². The first kappa shape index (κ1) is 32.9. The molecule has 1 unspecified atom stereocenters. The number of methoxy groups -OCH3 is 1. The van der Waals surface area contributed by atoms with Gasteiger partial charge in [0.05, 0.1) is 17.7 Å². The van der Waals surface area contributed by atoms with Crippen molar-refractivity contribution in [3.63, 3.8) is 0 Å².